The molecule has 0 aliphatic heterocycles. The summed E-state index contributed by atoms with van der Waals surface area (Å²) in [5.41, 5.74) is 0.188. The van der Waals surface area contributed by atoms with Crippen LogP contribution in [0.25, 0.3) is 0 Å². The van der Waals surface area contributed by atoms with Crippen molar-refractivity contribution in [1.29, 1.82) is 5.26 Å². The SMILES string of the molecule is CC(C)c1scc(C#N)c1OS(=O)(=O)Cl. The van der Waals surface area contributed by atoms with Gasteiger partial charge in [-0.15, -0.1) is 11.3 Å². The summed E-state index contributed by atoms with van der Waals surface area (Å²) in [6.07, 6.45) is 0. The summed E-state index contributed by atoms with van der Waals surface area (Å²) in [7, 11) is 0.868. The summed E-state index contributed by atoms with van der Waals surface area (Å²) in [4.78, 5) is 0.691. The summed E-state index contributed by atoms with van der Waals surface area (Å²) in [5.74, 6) is 0.123. The average molecular weight is 266 g/mol. The first-order chi connectivity index (χ1) is 6.85. The minimum Gasteiger partial charge on any atom is -0.368 e. The van der Waals surface area contributed by atoms with Gasteiger partial charge in [0.05, 0.1) is 15.6 Å². The Morgan fingerprint density at radius 1 is 1.60 bits per heavy atom. The van der Waals surface area contributed by atoms with Crippen molar-refractivity contribution in [3.05, 3.63) is 15.8 Å². The zero-order valence-electron chi connectivity index (χ0n) is 8.02. The molecule has 0 unspecified atom stereocenters. The molecule has 0 aromatic carbocycles. The Bertz CT molecular complexity index is 498. The van der Waals surface area contributed by atoms with Gasteiger partial charge in [0.15, 0.2) is 5.75 Å². The van der Waals surface area contributed by atoms with Crippen molar-refractivity contribution in [3.63, 3.8) is 0 Å². The molecule has 0 bridgehead atoms. The number of hydrogen-bond donors (Lipinski definition) is 0. The van der Waals surface area contributed by atoms with Gasteiger partial charge in [-0.3, -0.25) is 0 Å². The van der Waals surface area contributed by atoms with Crippen molar-refractivity contribution in [2.45, 2.75) is 19.8 Å². The molecule has 0 amide bonds. The topological polar surface area (TPSA) is 67.2 Å². The van der Waals surface area contributed by atoms with Gasteiger partial charge in [-0.25, -0.2) is 0 Å². The number of nitriles is 1. The van der Waals surface area contributed by atoms with E-state index in [1.807, 2.05) is 19.9 Å². The fourth-order valence-electron chi connectivity index (χ4n) is 1.02. The van der Waals surface area contributed by atoms with Crippen LogP contribution in [0.2, 0.25) is 0 Å². The molecule has 0 aliphatic rings. The highest BCUT2D eigenvalue weighted by Crippen LogP contribution is 2.37. The van der Waals surface area contributed by atoms with E-state index in [9.17, 15) is 8.42 Å². The van der Waals surface area contributed by atoms with Crippen LogP contribution in [0, 0.1) is 11.3 Å². The van der Waals surface area contributed by atoms with Crippen molar-refractivity contribution in [2.75, 3.05) is 0 Å². The van der Waals surface area contributed by atoms with E-state index < -0.39 is 9.33 Å². The normalized spacial score (nSPS) is 11.4. The third kappa shape index (κ3) is 3.09. The molecule has 1 aromatic rings. The Balaban J connectivity index is 3.24. The van der Waals surface area contributed by atoms with E-state index in [-0.39, 0.29) is 17.2 Å². The zero-order valence-corrected chi connectivity index (χ0v) is 10.4. The van der Waals surface area contributed by atoms with Gasteiger partial charge in [0.1, 0.15) is 11.6 Å². The van der Waals surface area contributed by atoms with Gasteiger partial charge in [0, 0.05) is 5.38 Å². The first-order valence-corrected chi connectivity index (χ1v) is 7.12. The first-order valence-electron chi connectivity index (χ1n) is 4.00. The Hall–Kier alpha value is -0.770. The summed E-state index contributed by atoms with van der Waals surface area (Å²) in [6, 6.07) is 1.86. The van der Waals surface area contributed by atoms with Crippen LogP contribution in [0.5, 0.6) is 5.75 Å². The molecule has 4 nitrogen and oxygen atoms in total. The molecule has 1 rings (SSSR count). The molecule has 1 heterocycles. The lowest BCUT2D eigenvalue weighted by molar-refractivity contribution is 0.499. The Labute approximate surface area is 96.7 Å². The lowest BCUT2D eigenvalue weighted by atomic mass is 10.1. The van der Waals surface area contributed by atoms with Crippen molar-refractivity contribution >= 4 is 31.4 Å². The highest BCUT2D eigenvalue weighted by Gasteiger charge is 2.20. The molecule has 0 spiro atoms. The number of nitrogens with zero attached hydrogens (tertiary/aromatic N) is 1. The lowest BCUT2D eigenvalue weighted by Gasteiger charge is -2.05. The molecule has 1 aromatic heterocycles. The highest BCUT2D eigenvalue weighted by molar-refractivity contribution is 8.10. The van der Waals surface area contributed by atoms with Gasteiger partial charge >= 0.3 is 9.33 Å². The second-order valence-electron chi connectivity index (χ2n) is 3.09. The van der Waals surface area contributed by atoms with E-state index >= 15 is 0 Å². The predicted molar refractivity (Wildman–Crippen MR) is 58.5 cm³/mol. The van der Waals surface area contributed by atoms with Crippen molar-refractivity contribution in [3.8, 4) is 11.8 Å². The van der Waals surface area contributed by atoms with Crippen molar-refractivity contribution in [2.24, 2.45) is 0 Å². The third-order valence-corrected chi connectivity index (χ3v) is 3.42. The molecule has 0 atom stereocenters. The van der Waals surface area contributed by atoms with E-state index in [2.05, 4.69) is 4.18 Å². The summed E-state index contributed by atoms with van der Waals surface area (Å²) >= 11 is 1.28. The van der Waals surface area contributed by atoms with E-state index in [1.54, 1.807) is 5.38 Å². The van der Waals surface area contributed by atoms with E-state index in [0.29, 0.717) is 4.88 Å². The first kappa shape index (κ1) is 12.3. The van der Waals surface area contributed by atoms with E-state index in [4.69, 9.17) is 15.9 Å². The number of halogens is 1. The molecule has 0 aliphatic carbocycles. The van der Waals surface area contributed by atoms with Crippen LogP contribution in [-0.2, 0) is 9.33 Å². The molecular weight excluding hydrogens is 258 g/mol. The van der Waals surface area contributed by atoms with Crippen molar-refractivity contribution < 1.29 is 12.6 Å². The average Bonchev–Trinajstić information content (AvgIpc) is 2.44. The van der Waals surface area contributed by atoms with Crippen molar-refractivity contribution in [1.82, 2.24) is 0 Å². The standard InChI is InChI=1S/C8H8ClNO3S2/c1-5(2)8-7(13-15(9,11)12)6(3-10)4-14-8/h4-5H,1-2H3. The Morgan fingerprint density at radius 2 is 2.20 bits per heavy atom. The summed E-state index contributed by atoms with van der Waals surface area (Å²) < 4.78 is 26.1. The fraction of sp³-hybridized carbons (Fsp3) is 0.375. The quantitative estimate of drug-likeness (QED) is 0.788. The van der Waals surface area contributed by atoms with Crippen LogP contribution in [0.3, 0.4) is 0 Å². The van der Waals surface area contributed by atoms with Crippen LogP contribution in [0.15, 0.2) is 5.38 Å². The maximum Gasteiger partial charge on any atom is 0.401 e. The molecule has 0 N–H and O–H groups in total. The summed E-state index contributed by atoms with van der Waals surface area (Å²) in [5, 5.41) is 10.3. The Morgan fingerprint density at radius 3 is 2.60 bits per heavy atom. The minimum absolute atomic E-state index is 0.0486. The zero-order chi connectivity index (χ0) is 11.6. The maximum absolute atomic E-state index is 10.8. The van der Waals surface area contributed by atoms with Gasteiger partial charge in [0.2, 0.25) is 0 Å². The number of rotatable bonds is 3. The molecule has 82 valence electrons. The smallest absolute Gasteiger partial charge is 0.368 e. The van der Waals surface area contributed by atoms with Crippen LogP contribution in [0.1, 0.15) is 30.2 Å². The fourth-order valence-corrected chi connectivity index (χ4v) is 2.58. The second kappa shape index (κ2) is 4.39. The van der Waals surface area contributed by atoms with E-state index in [0.717, 1.165) is 0 Å². The maximum atomic E-state index is 10.8. The number of thiophene rings is 1. The Kier molecular flexibility index (Phi) is 3.60. The lowest BCUT2D eigenvalue weighted by Crippen LogP contribution is -2.02. The minimum atomic E-state index is -4.11. The highest BCUT2D eigenvalue weighted by atomic mass is 35.7. The van der Waals surface area contributed by atoms with Gasteiger partial charge in [-0.2, -0.15) is 13.7 Å². The largest absolute Gasteiger partial charge is 0.401 e. The molecule has 7 heteroatoms. The van der Waals surface area contributed by atoms with Gasteiger partial charge in [-0.1, -0.05) is 13.8 Å². The van der Waals surface area contributed by atoms with Gasteiger partial charge < -0.3 is 4.18 Å². The third-order valence-electron chi connectivity index (χ3n) is 1.60. The monoisotopic (exact) mass is 265 g/mol. The van der Waals surface area contributed by atoms with Crippen LogP contribution < -0.4 is 4.18 Å². The predicted octanol–water partition coefficient (Wildman–Crippen LogP) is 2.61. The van der Waals surface area contributed by atoms with Gasteiger partial charge in [-0.05, 0) is 5.92 Å². The molecule has 0 fully saturated rings. The van der Waals surface area contributed by atoms with Gasteiger partial charge in [0.25, 0.3) is 0 Å². The van der Waals surface area contributed by atoms with Crippen LogP contribution in [-0.4, -0.2) is 8.42 Å². The molecule has 0 radical (unpaired) electrons. The molecular formula is C8H8ClNO3S2. The molecule has 0 saturated heterocycles. The summed E-state index contributed by atoms with van der Waals surface area (Å²) in [6.45, 7) is 3.75. The number of hydrogen-bond acceptors (Lipinski definition) is 5. The molecule has 0 saturated carbocycles. The second-order valence-corrected chi connectivity index (χ2v) is 6.08. The molecule has 15 heavy (non-hydrogen) atoms. The van der Waals surface area contributed by atoms with E-state index in [1.165, 1.54) is 11.3 Å². The van der Waals surface area contributed by atoms with Crippen LogP contribution in [0.4, 0.5) is 0 Å². The van der Waals surface area contributed by atoms with Crippen LogP contribution >= 0.6 is 22.0 Å².